The van der Waals surface area contributed by atoms with Gasteiger partial charge in [-0.25, -0.2) is 0 Å². The molecular weight excluding hydrogens is 278 g/mol. The van der Waals surface area contributed by atoms with Gasteiger partial charge in [0.05, 0.1) is 5.02 Å². The summed E-state index contributed by atoms with van der Waals surface area (Å²) in [5.41, 5.74) is 6.53. The van der Waals surface area contributed by atoms with Crippen LogP contribution in [0.3, 0.4) is 0 Å². The summed E-state index contributed by atoms with van der Waals surface area (Å²) in [5.74, 6) is 0.702. The van der Waals surface area contributed by atoms with E-state index in [-0.39, 0.29) is 5.91 Å². The molecule has 0 aliphatic rings. The molecule has 104 valence electrons. The average Bonchev–Trinajstić information content (AvgIpc) is 2.42. The van der Waals surface area contributed by atoms with Gasteiger partial charge in [0.2, 0.25) is 0 Å². The summed E-state index contributed by atoms with van der Waals surface area (Å²) >= 11 is 6.03. The number of aromatic nitrogens is 1. The smallest absolute Gasteiger partial charge is 0.272 e. The van der Waals surface area contributed by atoms with Gasteiger partial charge in [-0.3, -0.25) is 9.78 Å². The molecule has 0 aliphatic carbocycles. The van der Waals surface area contributed by atoms with Gasteiger partial charge < -0.3 is 15.4 Å². The van der Waals surface area contributed by atoms with Crippen molar-refractivity contribution in [3.05, 3.63) is 47.2 Å². The van der Waals surface area contributed by atoms with Crippen molar-refractivity contribution in [2.24, 2.45) is 0 Å². The molecule has 0 bridgehead atoms. The van der Waals surface area contributed by atoms with Gasteiger partial charge >= 0.3 is 0 Å². The third kappa shape index (κ3) is 3.19. The lowest BCUT2D eigenvalue weighted by atomic mass is 10.3. The van der Waals surface area contributed by atoms with E-state index in [2.05, 4.69) is 4.98 Å². The van der Waals surface area contributed by atoms with E-state index in [1.165, 1.54) is 11.1 Å². The monoisotopic (exact) mass is 291 g/mol. The number of pyridine rings is 1. The zero-order chi connectivity index (χ0) is 14.7. The normalized spacial score (nSPS) is 10.2. The van der Waals surface area contributed by atoms with Gasteiger partial charge in [0.1, 0.15) is 17.2 Å². The number of carbonyl (C=O) groups excluding carboxylic acids is 1. The molecule has 20 heavy (non-hydrogen) atoms. The summed E-state index contributed by atoms with van der Waals surface area (Å²) < 4.78 is 5.64. The van der Waals surface area contributed by atoms with Crippen molar-refractivity contribution < 1.29 is 9.53 Å². The fourth-order valence-electron chi connectivity index (χ4n) is 1.55. The highest BCUT2D eigenvalue weighted by Crippen LogP contribution is 2.31. The van der Waals surface area contributed by atoms with E-state index in [0.29, 0.717) is 27.9 Å². The van der Waals surface area contributed by atoms with E-state index < -0.39 is 0 Å². The second-order valence-corrected chi connectivity index (χ2v) is 4.78. The quantitative estimate of drug-likeness (QED) is 0.883. The van der Waals surface area contributed by atoms with Gasteiger partial charge in [-0.05, 0) is 18.2 Å². The molecule has 1 heterocycles. The lowest BCUT2D eigenvalue weighted by Crippen LogP contribution is -2.22. The van der Waals surface area contributed by atoms with Gasteiger partial charge in [0, 0.05) is 38.1 Å². The zero-order valence-corrected chi connectivity index (χ0v) is 11.9. The minimum Gasteiger partial charge on any atom is -0.456 e. The number of hydrogen-bond donors (Lipinski definition) is 1. The lowest BCUT2D eigenvalue weighted by molar-refractivity contribution is 0.0821. The number of nitrogens with zero attached hydrogens (tertiary/aromatic N) is 2. The SMILES string of the molecule is CN(C)C(=O)c1cc(Oc2cc(N)ccc2Cl)ccn1. The van der Waals surface area contributed by atoms with E-state index in [0.717, 1.165) is 0 Å². The number of rotatable bonds is 3. The molecule has 0 fully saturated rings. The number of carbonyl (C=O) groups is 1. The Morgan fingerprint density at radius 1 is 1.30 bits per heavy atom. The van der Waals surface area contributed by atoms with Crippen molar-refractivity contribution in [3.8, 4) is 11.5 Å². The number of amides is 1. The fraction of sp³-hybridized carbons (Fsp3) is 0.143. The summed E-state index contributed by atoms with van der Waals surface area (Å²) in [4.78, 5) is 17.3. The minimum atomic E-state index is -0.200. The standard InChI is InChI=1S/C14H14ClN3O2/c1-18(2)14(19)12-8-10(5-6-17-12)20-13-7-9(16)3-4-11(13)15/h3-8H,16H2,1-2H3. The van der Waals surface area contributed by atoms with E-state index in [9.17, 15) is 4.79 Å². The number of ether oxygens (including phenoxy) is 1. The number of nitrogens with two attached hydrogens (primary N) is 1. The van der Waals surface area contributed by atoms with Crippen molar-refractivity contribution in [2.45, 2.75) is 0 Å². The molecule has 0 spiro atoms. The number of anilines is 1. The molecule has 5 nitrogen and oxygen atoms in total. The topological polar surface area (TPSA) is 68.5 Å². The van der Waals surface area contributed by atoms with Crippen LogP contribution in [0.1, 0.15) is 10.5 Å². The molecule has 2 aromatic rings. The molecule has 2 N–H and O–H groups in total. The van der Waals surface area contributed by atoms with Crippen LogP contribution in [0.15, 0.2) is 36.5 Å². The molecule has 1 amide bonds. The first-order valence-electron chi connectivity index (χ1n) is 5.88. The number of benzene rings is 1. The predicted molar refractivity (Wildman–Crippen MR) is 78.2 cm³/mol. The molecule has 6 heteroatoms. The van der Waals surface area contributed by atoms with Crippen molar-refractivity contribution in [1.82, 2.24) is 9.88 Å². The highest BCUT2D eigenvalue weighted by molar-refractivity contribution is 6.32. The van der Waals surface area contributed by atoms with E-state index >= 15 is 0 Å². The van der Waals surface area contributed by atoms with Crippen LogP contribution in [0.25, 0.3) is 0 Å². The summed E-state index contributed by atoms with van der Waals surface area (Å²) in [5, 5.41) is 0.441. The Morgan fingerprint density at radius 2 is 2.05 bits per heavy atom. The molecule has 2 rings (SSSR count). The first-order chi connectivity index (χ1) is 9.47. The summed E-state index contributed by atoms with van der Waals surface area (Å²) in [6.07, 6.45) is 1.51. The molecule has 1 aromatic carbocycles. The summed E-state index contributed by atoms with van der Waals surface area (Å²) in [7, 11) is 3.32. The Kier molecular flexibility index (Phi) is 4.10. The van der Waals surface area contributed by atoms with Crippen LogP contribution in [-0.4, -0.2) is 29.9 Å². The molecule has 0 unspecified atom stereocenters. The summed E-state index contributed by atoms with van der Waals surface area (Å²) in [6.45, 7) is 0. The molecule has 0 saturated heterocycles. The molecule has 0 aliphatic heterocycles. The van der Waals surface area contributed by atoms with Crippen molar-refractivity contribution in [2.75, 3.05) is 19.8 Å². The maximum Gasteiger partial charge on any atom is 0.272 e. The largest absolute Gasteiger partial charge is 0.456 e. The van der Waals surface area contributed by atoms with Crippen LogP contribution in [-0.2, 0) is 0 Å². The van der Waals surface area contributed by atoms with Gasteiger partial charge in [0.15, 0.2) is 0 Å². The Balaban J connectivity index is 2.28. The third-order valence-corrected chi connectivity index (χ3v) is 2.85. The second-order valence-electron chi connectivity index (χ2n) is 4.37. The highest BCUT2D eigenvalue weighted by atomic mass is 35.5. The maximum absolute atomic E-state index is 11.8. The van der Waals surface area contributed by atoms with Crippen LogP contribution in [0.5, 0.6) is 11.5 Å². The Bertz CT molecular complexity index is 644. The van der Waals surface area contributed by atoms with E-state index in [1.54, 1.807) is 44.4 Å². The Morgan fingerprint density at radius 3 is 2.75 bits per heavy atom. The van der Waals surface area contributed by atoms with E-state index in [4.69, 9.17) is 22.1 Å². The van der Waals surface area contributed by atoms with Crippen LogP contribution in [0.2, 0.25) is 5.02 Å². The number of nitrogen functional groups attached to an aromatic ring is 1. The van der Waals surface area contributed by atoms with Crippen LogP contribution >= 0.6 is 11.6 Å². The van der Waals surface area contributed by atoms with Gasteiger partial charge in [-0.1, -0.05) is 11.6 Å². The van der Waals surface area contributed by atoms with Crippen molar-refractivity contribution in [1.29, 1.82) is 0 Å². The Labute approximate surface area is 121 Å². The van der Waals surface area contributed by atoms with Crippen LogP contribution < -0.4 is 10.5 Å². The van der Waals surface area contributed by atoms with Crippen molar-refractivity contribution in [3.63, 3.8) is 0 Å². The average molecular weight is 292 g/mol. The van der Waals surface area contributed by atoms with Gasteiger partial charge in [-0.2, -0.15) is 0 Å². The maximum atomic E-state index is 11.8. The van der Waals surface area contributed by atoms with Crippen LogP contribution in [0, 0.1) is 0 Å². The lowest BCUT2D eigenvalue weighted by Gasteiger charge is -2.11. The zero-order valence-electron chi connectivity index (χ0n) is 11.1. The van der Waals surface area contributed by atoms with Crippen molar-refractivity contribution >= 4 is 23.2 Å². The first kappa shape index (κ1) is 14.1. The predicted octanol–water partition coefficient (Wildman–Crippen LogP) is 2.81. The molecule has 0 radical (unpaired) electrons. The first-order valence-corrected chi connectivity index (χ1v) is 6.26. The fourth-order valence-corrected chi connectivity index (χ4v) is 1.70. The molecule has 0 saturated carbocycles. The third-order valence-electron chi connectivity index (χ3n) is 2.54. The number of hydrogen-bond acceptors (Lipinski definition) is 4. The molecule has 1 aromatic heterocycles. The van der Waals surface area contributed by atoms with Crippen LogP contribution in [0.4, 0.5) is 5.69 Å². The van der Waals surface area contributed by atoms with Gasteiger partial charge in [-0.15, -0.1) is 0 Å². The molecular formula is C14H14ClN3O2. The second kappa shape index (κ2) is 5.79. The Hall–Kier alpha value is -2.27. The van der Waals surface area contributed by atoms with Gasteiger partial charge in [0.25, 0.3) is 5.91 Å². The highest BCUT2D eigenvalue weighted by Gasteiger charge is 2.11. The van der Waals surface area contributed by atoms with E-state index in [1.807, 2.05) is 0 Å². The summed E-state index contributed by atoms with van der Waals surface area (Å²) in [6, 6.07) is 8.16. The number of halogens is 1. The molecule has 0 atom stereocenters. The minimum absolute atomic E-state index is 0.200.